The number of pyridine rings is 1. The molecule has 0 spiro atoms. The first-order valence-corrected chi connectivity index (χ1v) is 11.4. The molecule has 0 radical (unpaired) electrons. The first-order chi connectivity index (χ1) is 16.5. The first kappa shape index (κ1) is 23.0. The molecule has 0 saturated heterocycles. The number of benzene rings is 2. The number of rotatable bonds is 7. The van der Waals surface area contributed by atoms with E-state index in [0.717, 1.165) is 5.56 Å². The molecule has 0 fully saturated rings. The van der Waals surface area contributed by atoms with Gasteiger partial charge in [-0.3, -0.25) is 14.6 Å². The SMILES string of the molecule is COc1ccc(C(NC(=O)c2cnc(-c3ccccn3)[nH]c2=O)c2ccc([P+](=O)O)cc2)cc1. The van der Waals surface area contributed by atoms with Crippen LogP contribution in [0, 0.1) is 0 Å². The maximum Gasteiger partial charge on any atom is 0.546 e. The van der Waals surface area contributed by atoms with Gasteiger partial charge in [0.25, 0.3) is 11.5 Å². The largest absolute Gasteiger partial charge is 0.546 e. The fourth-order valence-electron chi connectivity index (χ4n) is 3.35. The van der Waals surface area contributed by atoms with E-state index >= 15 is 0 Å². The molecule has 2 atom stereocenters. The predicted molar refractivity (Wildman–Crippen MR) is 126 cm³/mol. The molecule has 0 saturated carbocycles. The van der Waals surface area contributed by atoms with Crippen molar-refractivity contribution < 1.29 is 19.0 Å². The van der Waals surface area contributed by atoms with Crippen molar-refractivity contribution in [3.8, 4) is 17.3 Å². The second-order valence-electron chi connectivity index (χ2n) is 7.23. The molecule has 4 rings (SSSR count). The van der Waals surface area contributed by atoms with Gasteiger partial charge in [-0.15, -0.1) is 0 Å². The van der Waals surface area contributed by atoms with Crippen molar-refractivity contribution >= 4 is 19.2 Å². The minimum absolute atomic E-state index is 0.159. The number of carbonyl (C=O) groups is 1. The molecule has 4 aromatic rings. The fourth-order valence-corrected chi connectivity index (χ4v) is 3.75. The van der Waals surface area contributed by atoms with Gasteiger partial charge in [0, 0.05) is 12.4 Å². The summed E-state index contributed by atoms with van der Waals surface area (Å²) in [5, 5.41) is 3.13. The number of methoxy groups -OCH3 is 1. The monoisotopic (exact) mass is 475 g/mol. The highest BCUT2D eigenvalue weighted by Gasteiger charge is 2.22. The highest BCUT2D eigenvalue weighted by atomic mass is 31.1. The van der Waals surface area contributed by atoms with Crippen LogP contribution in [0.2, 0.25) is 0 Å². The first-order valence-electron chi connectivity index (χ1n) is 10.2. The molecule has 9 nitrogen and oxygen atoms in total. The molecule has 1 amide bonds. The third kappa shape index (κ3) is 5.06. The Hall–Kier alpha value is -4.20. The maximum absolute atomic E-state index is 13.1. The quantitative estimate of drug-likeness (QED) is 0.350. The lowest BCUT2D eigenvalue weighted by molar-refractivity contribution is 0.0941. The van der Waals surface area contributed by atoms with Crippen LogP contribution < -0.4 is 20.9 Å². The number of carbonyl (C=O) groups excluding carboxylic acids is 1. The Kier molecular flexibility index (Phi) is 6.87. The zero-order valence-electron chi connectivity index (χ0n) is 18.0. The summed E-state index contributed by atoms with van der Waals surface area (Å²) in [6, 6.07) is 18.0. The number of amides is 1. The van der Waals surface area contributed by atoms with E-state index in [4.69, 9.17) is 4.74 Å². The Morgan fingerprint density at radius 2 is 1.71 bits per heavy atom. The Bertz CT molecular complexity index is 1370. The van der Waals surface area contributed by atoms with Crippen molar-refractivity contribution in [2.75, 3.05) is 7.11 Å². The molecular weight excluding hydrogens is 455 g/mol. The summed E-state index contributed by atoms with van der Waals surface area (Å²) < 4.78 is 16.6. The Morgan fingerprint density at radius 1 is 1.03 bits per heavy atom. The molecule has 0 aliphatic rings. The summed E-state index contributed by atoms with van der Waals surface area (Å²) in [5.41, 5.74) is 1.10. The van der Waals surface area contributed by atoms with Crippen molar-refractivity contribution in [3.63, 3.8) is 0 Å². The van der Waals surface area contributed by atoms with Gasteiger partial charge in [-0.25, -0.2) is 4.98 Å². The highest BCUT2D eigenvalue weighted by molar-refractivity contribution is 7.47. The summed E-state index contributed by atoms with van der Waals surface area (Å²) >= 11 is 0. The summed E-state index contributed by atoms with van der Waals surface area (Å²) in [6.07, 6.45) is 2.79. The van der Waals surface area contributed by atoms with E-state index in [1.165, 1.54) is 18.3 Å². The molecule has 3 N–H and O–H groups in total. The third-order valence-corrected chi connectivity index (χ3v) is 5.86. The number of nitrogens with zero attached hydrogens (tertiary/aromatic N) is 2. The summed E-state index contributed by atoms with van der Waals surface area (Å²) in [5.74, 6) is 0.272. The second kappa shape index (κ2) is 10.2. The van der Waals surface area contributed by atoms with Crippen LogP contribution in [-0.2, 0) is 4.57 Å². The van der Waals surface area contributed by atoms with Gasteiger partial charge in [0.1, 0.15) is 17.0 Å². The Morgan fingerprint density at radius 3 is 2.26 bits per heavy atom. The molecule has 2 heterocycles. The topological polar surface area (TPSA) is 134 Å². The Labute approximate surface area is 195 Å². The zero-order chi connectivity index (χ0) is 24.1. The van der Waals surface area contributed by atoms with E-state index in [1.54, 1.807) is 67.9 Å². The number of aromatic nitrogens is 3. The number of hydrogen-bond acceptors (Lipinski definition) is 6. The highest BCUT2D eigenvalue weighted by Crippen LogP contribution is 2.25. The van der Waals surface area contributed by atoms with Gasteiger partial charge in [-0.2, -0.15) is 4.89 Å². The van der Waals surface area contributed by atoms with Crippen LogP contribution in [0.1, 0.15) is 27.5 Å². The van der Waals surface area contributed by atoms with E-state index in [1.807, 2.05) is 0 Å². The summed E-state index contributed by atoms with van der Waals surface area (Å²) in [4.78, 5) is 46.0. The van der Waals surface area contributed by atoms with Gasteiger partial charge >= 0.3 is 8.03 Å². The van der Waals surface area contributed by atoms with Crippen LogP contribution >= 0.6 is 8.03 Å². The standard InChI is InChI=1S/C24H19N4O5P/c1-33-17-9-5-15(6-10-17)21(16-7-11-18(12-8-16)34(31)32)27-23(29)19-14-26-22(28-24(19)30)20-4-2-3-13-25-20/h2-14,21H,1H3,(H2-,26,27,28,29,30,31,32)/p+1. The average molecular weight is 475 g/mol. The fraction of sp³-hybridized carbons (Fsp3) is 0.0833. The van der Waals surface area contributed by atoms with E-state index in [0.29, 0.717) is 17.0 Å². The number of H-pyrrole nitrogens is 1. The van der Waals surface area contributed by atoms with E-state index in [9.17, 15) is 19.0 Å². The van der Waals surface area contributed by atoms with Crippen LogP contribution in [0.3, 0.4) is 0 Å². The summed E-state index contributed by atoms with van der Waals surface area (Å²) in [7, 11) is -0.928. The van der Waals surface area contributed by atoms with Crippen molar-refractivity contribution in [2.24, 2.45) is 0 Å². The molecule has 0 bridgehead atoms. The predicted octanol–water partition coefficient (Wildman–Crippen LogP) is 2.72. The van der Waals surface area contributed by atoms with Gasteiger partial charge in [-0.1, -0.05) is 30.3 Å². The molecule has 34 heavy (non-hydrogen) atoms. The van der Waals surface area contributed by atoms with Crippen molar-refractivity contribution in [1.82, 2.24) is 20.3 Å². The third-order valence-electron chi connectivity index (χ3n) is 5.12. The van der Waals surface area contributed by atoms with Gasteiger partial charge < -0.3 is 15.0 Å². The smallest absolute Gasteiger partial charge is 0.497 e. The molecule has 0 aliphatic heterocycles. The zero-order valence-corrected chi connectivity index (χ0v) is 18.9. The lowest BCUT2D eigenvalue weighted by Gasteiger charge is -2.20. The van der Waals surface area contributed by atoms with E-state index < -0.39 is 25.5 Å². The molecule has 10 heteroatoms. The van der Waals surface area contributed by atoms with Gasteiger partial charge in [0.15, 0.2) is 5.82 Å². The van der Waals surface area contributed by atoms with Gasteiger partial charge in [0.05, 0.1) is 13.2 Å². The number of ether oxygens (including phenoxy) is 1. The number of hydrogen-bond donors (Lipinski definition) is 3. The molecule has 2 unspecified atom stereocenters. The lowest BCUT2D eigenvalue weighted by Crippen LogP contribution is -2.33. The molecule has 0 aliphatic carbocycles. The Balaban J connectivity index is 1.66. The average Bonchev–Trinajstić information content (AvgIpc) is 2.87. The van der Waals surface area contributed by atoms with Crippen molar-refractivity contribution in [1.29, 1.82) is 0 Å². The summed E-state index contributed by atoms with van der Waals surface area (Å²) in [6.45, 7) is 0. The molecular formula is C24H20N4O5P+. The molecule has 170 valence electrons. The lowest BCUT2D eigenvalue weighted by atomic mass is 9.98. The van der Waals surface area contributed by atoms with Crippen LogP contribution in [0.15, 0.2) is 83.9 Å². The second-order valence-corrected chi connectivity index (χ2v) is 8.30. The minimum atomic E-state index is -2.48. The normalized spacial score (nSPS) is 12.0. The van der Waals surface area contributed by atoms with Gasteiger partial charge in [0.2, 0.25) is 5.30 Å². The van der Waals surface area contributed by atoms with E-state index in [-0.39, 0.29) is 16.7 Å². The van der Waals surface area contributed by atoms with Crippen LogP contribution in [0.5, 0.6) is 5.75 Å². The number of nitrogens with one attached hydrogen (secondary N) is 2. The molecule has 2 aromatic carbocycles. The van der Waals surface area contributed by atoms with Crippen LogP contribution in [0.25, 0.3) is 11.5 Å². The minimum Gasteiger partial charge on any atom is -0.497 e. The van der Waals surface area contributed by atoms with E-state index in [2.05, 4.69) is 20.3 Å². The van der Waals surface area contributed by atoms with Crippen molar-refractivity contribution in [3.05, 3.63) is 106 Å². The van der Waals surface area contributed by atoms with Crippen LogP contribution in [0.4, 0.5) is 0 Å². The maximum atomic E-state index is 13.1. The molecule has 2 aromatic heterocycles. The van der Waals surface area contributed by atoms with Gasteiger partial charge in [-0.05, 0) is 52.1 Å². The number of aromatic amines is 1. The van der Waals surface area contributed by atoms with Crippen molar-refractivity contribution in [2.45, 2.75) is 6.04 Å². The van der Waals surface area contributed by atoms with Crippen LogP contribution in [-0.4, -0.2) is 32.9 Å².